The minimum atomic E-state index is -0.392. The van der Waals surface area contributed by atoms with E-state index in [1.807, 2.05) is 73.7 Å². The molecule has 0 radical (unpaired) electrons. The Bertz CT molecular complexity index is 1720. The highest BCUT2D eigenvalue weighted by Crippen LogP contribution is 2.34. The van der Waals surface area contributed by atoms with Crippen molar-refractivity contribution in [3.63, 3.8) is 0 Å². The van der Waals surface area contributed by atoms with Crippen LogP contribution in [0.25, 0.3) is 33.1 Å². The Balaban J connectivity index is 1.51. The summed E-state index contributed by atoms with van der Waals surface area (Å²) in [5, 5.41) is 5.56. The predicted octanol–water partition coefficient (Wildman–Crippen LogP) is 7.89. The van der Waals surface area contributed by atoms with Crippen molar-refractivity contribution in [3.8, 4) is 17.1 Å². The molecule has 0 atom stereocenters. The zero-order valence-corrected chi connectivity index (χ0v) is 22.5. The molecule has 5 aromatic rings. The van der Waals surface area contributed by atoms with Crippen molar-refractivity contribution < 1.29 is 13.9 Å². The van der Waals surface area contributed by atoms with Gasteiger partial charge in [0.1, 0.15) is 5.58 Å². The van der Waals surface area contributed by atoms with Crippen LogP contribution in [0, 0.1) is 6.92 Å². The number of rotatable bonds is 5. The third kappa shape index (κ3) is 5.02. The summed E-state index contributed by atoms with van der Waals surface area (Å²) < 4.78 is 12.1. The van der Waals surface area contributed by atoms with E-state index >= 15 is 0 Å². The summed E-state index contributed by atoms with van der Waals surface area (Å²) in [6.07, 6.45) is 0. The normalized spacial score (nSPS) is 11.6. The summed E-state index contributed by atoms with van der Waals surface area (Å²) in [7, 11) is 0. The highest BCUT2D eigenvalue weighted by molar-refractivity contribution is 6.32. The molecule has 1 aromatic heterocycles. The van der Waals surface area contributed by atoms with Crippen LogP contribution < -0.4 is 15.5 Å². The molecule has 1 amide bonds. The van der Waals surface area contributed by atoms with Crippen molar-refractivity contribution >= 4 is 44.9 Å². The van der Waals surface area contributed by atoms with Gasteiger partial charge in [0.25, 0.3) is 5.91 Å². The van der Waals surface area contributed by atoms with Crippen LogP contribution in [0.15, 0.2) is 88.1 Å². The maximum atomic E-state index is 13.6. The fourth-order valence-electron chi connectivity index (χ4n) is 4.40. The van der Waals surface area contributed by atoms with E-state index in [9.17, 15) is 9.59 Å². The Morgan fingerprint density at radius 1 is 0.947 bits per heavy atom. The van der Waals surface area contributed by atoms with Crippen LogP contribution in [0.2, 0.25) is 5.02 Å². The number of fused-ring (bicyclic) bond motifs is 2. The van der Waals surface area contributed by atoms with Gasteiger partial charge in [-0.15, -0.1) is 0 Å². The zero-order chi connectivity index (χ0) is 27.0. The average Bonchev–Trinajstić information content (AvgIpc) is 2.89. The van der Waals surface area contributed by atoms with E-state index in [2.05, 4.69) is 26.1 Å². The topological polar surface area (TPSA) is 68.5 Å². The molecule has 6 heteroatoms. The number of amides is 1. The number of anilines is 1. The van der Waals surface area contributed by atoms with Crippen LogP contribution in [0.1, 0.15) is 31.9 Å². The standard InChI is InChI=1S/C32H28ClNO4/c1-19-16-27-24(17-25(19)33)29(36)31(30(38-27)21-12-14-22(15-13-21)32(2,3)4)37-18-28(35)34-26-11-7-9-20-8-5-6-10-23(20)26/h5-17H,18H2,1-4H3,(H,34,35). The highest BCUT2D eigenvalue weighted by atomic mass is 35.5. The van der Waals surface area contributed by atoms with Crippen molar-refractivity contribution in [3.05, 3.63) is 105 Å². The lowest BCUT2D eigenvalue weighted by molar-refractivity contribution is -0.118. The molecule has 0 spiro atoms. The molecule has 192 valence electrons. The average molecular weight is 526 g/mol. The summed E-state index contributed by atoms with van der Waals surface area (Å²) >= 11 is 6.31. The second-order valence-corrected chi connectivity index (χ2v) is 10.8. The van der Waals surface area contributed by atoms with Crippen molar-refractivity contribution in [2.75, 3.05) is 11.9 Å². The van der Waals surface area contributed by atoms with Crippen molar-refractivity contribution in [2.45, 2.75) is 33.1 Å². The molecule has 0 bridgehead atoms. The number of ether oxygens (including phenoxy) is 1. The number of carbonyl (C=O) groups is 1. The van der Waals surface area contributed by atoms with Gasteiger partial charge in [0.05, 0.1) is 5.39 Å². The lowest BCUT2D eigenvalue weighted by atomic mass is 9.86. The van der Waals surface area contributed by atoms with Gasteiger partial charge in [0.15, 0.2) is 12.4 Å². The summed E-state index contributed by atoms with van der Waals surface area (Å²) in [6, 6.07) is 24.6. The van der Waals surface area contributed by atoms with Crippen LogP contribution in [0.3, 0.4) is 0 Å². The third-order valence-corrected chi connectivity index (χ3v) is 6.96. The van der Waals surface area contributed by atoms with E-state index in [4.69, 9.17) is 20.8 Å². The van der Waals surface area contributed by atoms with Gasteiger partial charge in [-0.25, -0.2) is 0 Å². The second kappa shape index (κ2) is 9.99. The molecule has 1 heterocycles. The smallest absolute Gasteiger partial charge is 0.262 e. The molecular formula is C32H28ClNO4. The van der Waals surface area contributed by atoms with Crippen LogP contribution in [0.5, 0.6) is 5.75 Å². The first kappa shape index (κ1) is 25.6. The molecule has 4 aromatic carbocycles. The number of aryl methyl sites for hydroxylation is 1. The Hall–Kier alpha value is -4.09. The van der Waals surface area contributed by atoms with E-state index < -0.39 is 5.91 Å². The predicted molar refractivity (Wildman–Crippen MR) is 154 cm³/mol. The van der Waals surface area contributed by atoms with Gasteiger partial charge in [-0.1, -0.05) is 93.0 Å². The first-order valence-corrected chi connectivity index (χ1v) is 12.8. The number of halogens is 1. The van der Waals surface area contributed by atoms with Gasteiger partial charge in [-0.2, -0.15) is 0 Å². The fraction of sp³-hybridized carbons (Fsp3) is 0.188. The van der Waals surface area contributed by atoms with E-state index in [-0.39, 0.29) is 29.0 Å². The van der Waals surface area contributed by atoms with Crippen molar-refractivity contribution in [2.24, 2.45) is 0 Å². The molecule has 1 N–H and O–H groups in total. The van der Waals surface area contributed by atoms with E-state index in [0.29, 0.717) is 27.2 Å². The van der Waals surface area contributed by atoms with Gasteiger partial charge in [0.2, 0.25) is 11.2 Å². The first-order valence-electron chi connectivity index (χ1n) is 12.4. The van der Waals surface area contributed by atoms with Crippen LogP contribution in [-0.2, 0) is 10.2 Å². The minimum absolute atomic E-state index is 0.0321. The number of hydrogen-bond donors (Lipinski definition) is 1. The minimum Gasteiger partial charge on any atom is -0.476 e. The quantitative estimate of drug-likeness (QED) is 0.253. The van der Waals surface area contributed by atoms with Crippen LogP contribution in [0.4, 0.5) is 5.69 Å². The van der Waals surface area contributed by atoms with Crippen molar-refractivity contribution in [1.29, 1.82) is 0 Å². The summed E-state index contributed by atoms with van der Waals surface area (Å²) in [4.78, 5) is 26.5. The molecule has 0 fully saturated rings. The molecule has 0 aliphatic heterocycles. The van der Waals surface area contributed by atoms with Crippen LogP contribution >= 0.6 is 11.6 Å². The third-order valence-electron chi connectivity index (χ3n) is 6.55. The maximum Gasteiger partial charge on any atom is 0.262 e. The van der Waals surface area contributed by atoms with Gasteiger partial charge in [0, 0.05) is 21.7 Å². The molecule has 0 unspecified atom stereocenters. The highest BCUT2D eigenvalue weighted by Gasteiger charge is 2.21. The summed E-state index contributed by atoms with van der Waals surface area (Å²) in [6.45, 7) is 7.88. The Morgan fingerprint density at radius 2 is 1.66 bits per heavy atom. The van der Waals surface area contributed by atoms with Gasteiger partial charge >= 0.3 is 0 Å². The van der Waals surface area contributed by atoms with E-state index in [1.165, 1.54) is 0 Å². The summed E-state index contributed by atoms with van der Waals surface area (Å²) in [5.41, 5.74) is 3.26. The van der Waals surface area contributed by atoms with Crippen molar-refractivity contribution in [1.82, 2.24) is 0 Å². The molecule has 5 nitrogen and oxygen atoms in total. The lowest BCUT2D eigenvalue weighted by Crippen LogP contribution is -2.22. The monoisotopic (exact) mass is 525 g/mol. The first-order chi connectivity index (χ1) is 18.1. The lowest BCUT2D eigenvalue weighted by Gasteiger charge is -2.19. The molecular weight excluding hydrogens is 498 g/mol. The van der Waals surface area contributed by atoms with E-state index in [0.717, 1.165) is 21.9 Å². The fourth-order valence-corrected chi connectivity index (χ4v) is 4.56. The SMILES string of the molecule is Cc1cc2oc(-c3ccc(C(C)(C)C)cc3)c(OCC(=O)Nc3cccc4ccccc34)c(=O)c2cc1Cl. The second-order valence-electron chi connectivity index (χ2n) is 10.4. The zero-order valence-electron chi connectivity index (χ0n) is 21.7. The molecule has 0 aliphatic rings. The Labute approximate surface area is 226 Å². The molecule has 0 saturated heterocycles. The molecule has 5 rings (SSSR count). The molecule has 0 aliphatic carbocycles. The van der Waals surface area contributed by atoms with Gasteiger partial charge in [-0.3, -0.25) is 9.59 Å². The Kier molecular flexibility index (Phi) is 6.72. The largest absolute Gasteiger partial charge is 0.476 e. The number of carbonyl (C=O) groups excluding carboxylic acids is 1. The molecule has 0 saturated carbocycles. The maximum absolute atomic E-state index is 13.6. The number of hydrogen-bond acceptors (Lipinski definition) is 4. The van der Waals surface area contributed by atoms with E-state index in [1.54, 1.807) is 12.1 Å². The molecule has 38 heavy (non-hydrogen) atoms. The number of nitrogens with one attached hydrogen (secondary N) is 1. The van der Waals surface area contributed by atoms with Crippen LogP contribution in [-0.4, -0.2) is 12.5 Å². The van der Waals surface area contributed by atoms with Gasteiger partial charge in [-0.05, 0) is 47.1 Å². The van der Waals surface area contributed by atoms with Gasteiger partial charge < -0.3 is 14.5 Å². The Morgan fingerprint density at radius 3 is 2.39 bits per heavy atom. The number of benzene rings is 4. The summed E-state index contributed by atoms with van der Waals surface area (Å²) in [5.74, 6) is -0.159.